The van der Waals surface area contributed by atoms with Crippen LogP contribution in [0.25, 0.3) is 0 Å². The largest absolute Gasteiger partial charge is 0.481 e. The van der Waals surface area contributed by atoms with Gasteiger partial charge in [0.1, 0.15) is 0 Å². The molecule has 0 spiro atoms. The number of carboxylic acid groups (broad SMARTS) is 1. The molecule has 0 aromatic heterocycles. The number of carboxylic acids is 1. The number of hydrogen-bond donors (Lipinski definition) is 1. The van der Waals surface area contributed by atoms with Crippen LogP contribution >= 0.6 is 0 Å². The van der Waals surface area contributed by atoms with E-state index < -0.39 is 5.97 Å². The third-order valence-electron chi connectivity index (χ3n) is 3.94. The van der Waals surface area contributed by atoms with Crippen molar-refractivity contribution in [3.8, 4) is 0 Å². The highest BCUT2D eigenvalue weighted by molar-refractivity contribution is 5.94. The molecule has 1 N–H and O–H groups in total. The summed E-state index contributed by atoms with van der Waals surface area (Å²) in [4.78, 5) is 25.0. The van der Waals surface area contributed by atoms with Gasteiger partial charge < -0.3 is 10.0 Å². The fraction of sp³-hybridized carbons (Fsp3) is 0.467. The van der Waals surface area contributed by atoms with E-state index >= 15 is 0 Å². The molecule has 1 atom stereocenters. The molecule has 102 valence electrons. The summed E-state index contributed by atoms with van der Waals surface area (Å²) in [6.45, 7) is 3.05. The number of hydrogen-bond acceptors (Lipinski definition) is 2. The Hall–Kier alpha value is -1.84. The maximum atomic E-state index is 12.2. The Morgan fingerprint density at radius 1 is 1.21 bits per heavy atom. The van der Waals surface area contributed by atoms with Gasteiger partial charge >= 0.3 is 5.97 Å². The minimum atomic E-state index is -0.743. The second-order valence-electron chi connectivity index (χ2n) is 5.12. The Labute approximate surface area is 113 Å². The highest BCUT2D eigenvalue weighted by atomic mass is 16.4. The van der Waals surface area contributed by atoms with Crippen LogP contribution in [0.4, 0.5) is 0 Å². The van der Waals surface area contributed by atoms with Gasteiger partial charge in [-0.2, -0.15) is 0 Å². The molecular formula is C15H19NO3. The molecule has 1 heterocycles. The minimum Gasteiger partial charge on any atom is -0.481 e. The van der Waals surface area contributed by atoms with Crippen LogP contribution in [0.15, 0.2) is 30.3 Å². The van der Waals surface area contributed by atoms with E-state index in [2.05, 4.69) is 0 Å². The van der Waals surface area contributed by atoms with Crippen LogP contribution in [0.2, 0.25) is 0 Å². The predicted molar refractivity (Wildman–Crippen MR) is 71.9 cm³/mol. The van der Waals surface area contributed by atoms with Crippen molar-refractivity contribution in [1.82, 2.24) is 4.90 Å². The lowest BCUT2D eigenvalue weighted by molar-refractivity contribution is -0.143. The zero-order valence-corrected chi connectivity index (χ0v) is 11.1. The third-order valence-corrected chi connectivity index (χ3v) is 3.94. The van der Waals surface area contributed by atoms with E-state index in [1.54, 1.807) is 6.92 Å². The van der Waals surface area contributed by atoms with Crippen molar-refractivity contribution in [3.05, 3.63) is 35.9 Å². The van der Waals surface area contributed by atoms with Crippen LogP contribution in [0.1, 0.15) is 30.1 Å². The number of amides is 1. The first-order chi connectivity index (χ1) is 9.09. The Morgan fingerprint density at radius 2 is 1.79 bits per heavy atom. The molecule has 1 unspecified atom stereocenters. The van der Waals surface area contributed by atoms with Crippen LogP contribution in [-0.4, -0.2) is 35.0 Å². The van der Waals surface area contributed by atoms with Crippen molar-refractivity contribution in [2.45, 2.75) is 19.8 Å². The molecule has 1 aromatic carbocycles. The molecule has 0 aliphatic carbocycles. The molecule has 2 rings (SSSR count). The highest BCUT2D eigenvalue weighted by Crippen LogP contribution is 2.25. The number of carbonyl (C=O) groups is 2. The monoisotopic (exact) mass is 261 g/mol. The van der Waals surface area contributed by atoms with E-state index in [1.165, 1.54) is 0 Å². The second kappa shape index (κ2) is 5.87. The number of carbonyl (C=O) groups excluding carboxylic acids is 1. The molecule has 1 fully saturated rings. The molecule has 1 saturated heterocycles. The standard InChI is InChI=1S/C15H19NO3/c1-11(15(18)19)12-7-9-16(10-8-12)14(17)13-5-3-2-4-6-13/h2-6,11-12H,7-10H2,1H3,(H,18,19). The quantitative estimate of drug-likeness (QED) is 0.908. The summed E-state index contributed by atoms with van der Waals surface area (Å²) in [6.07, 6.45) is 1.54. The van der Waals surface area contributed by atoms with Crippen molar-refractivity contribution in [2.75, 3.05) is 13.1 Å². The Kier molecular flexibility index (Phi) is 4.20. The Bertz CT molecular complexity index is 450. The first-order valence-corrected chi connectivity index (χ1v) is 6.66. The molecule has 0 bridgehead atoms. The van der Waals surface area contributed by atoms with Crippen LogP contribution in [0.5, 0.6) is 0 Å². The van der Waals surface area contributed by atoms with Gasteiger partial charge in [0.15, 0.2) is 0 Å². The van der Waals surface area contributed by atoms with Gasteiger partial charge in [-0.05, 0) is 30.9 Å². The number of benzene rings is 1. The molecule has 1 aromatic rings. The molecule has 1 aliphatic rings. The summed E-state index contributed by atoms with van der Waals surface area (Å²) >= 11 is 0. The number of nitrogens with zero attached hydrogens (tertiary/aromatic N) is 1. The van der Waals surface area contributed by atoms with Crippen LogP contribution < -0.4 is 0 Å². The highest BCUT2D eigenvalue weighted by Gasteiger charge is 2.29. The van der Waals surface area contributed by atoms with Crippen molar-refractivity contribution >= 4 is 11.9 Å². The van der Waals surface area contributed by atoms with Crippen LogP contribution in [0, 0.1) is 11.8 Å². The van der Waals surface area contributed by atoms with Gasteiger partial charge in [0.05, 0.1) is 5.92 Å². The van der Waals surface area contributed by atoms with Gasteiger partial charge in [-0.15, -0.1) is 0 Å². The summed E-state index contributed by atoms with van der Waals surface area (Å²) in [5.41, 5.74) is 0.701. The minimum absolute atomic E-state index is 0.0435. The van der Waals surface area contributed by atoms with Crippen molar-refractivity contribution in [2.24, 2.45) is 11.8 Å². The van der Waals surface area contributed by atoms with E-state index in [9.17, 15) is 9.59 Å². The molecule has 4 heteroatoms. The van der Waals surface area contributed by atoms with Crippen molar-refractivity contribution in [1.29, 1.82) is 0 Å². The van der Waals surface area contributed by atoms with E-state index in [1.807, 2.05) is 35.2 Å². The maximum absolute atomic E-state index is 12.2. The van der Waals surface area contributed by atoms with Gasteiger partial charge in [-0.25, -0.2) is 0 Å². The van der Waals surface area contributed by atoms with Gasteiger partial charge in [0.2, 0.25) is 0 Å². The fourth-order valence-electron chi connectivity index (χ4n) is 2.57. The first kappa shape index (κ1) is 13.6. The zero-order chi connectivity index (χ0) is 13.8. The summed E-state index contributed by atoms with van der Waals surface area (Å²) in [7, 11) is 0. The molecule has 0 radical (unpaired) electrons. The van der Waals surface area contributed by atoms with Gasteiger partial charge in [0, 0.05) is 18.7 Å². The lowest BCUT2D eigenvalue weighted by Gasteiger charge is -2.33. The zero-order valence-electron chi connectivity index (χ0n) is 11.1. The van der Waals surface area contributed by atoms with E-state index in [-0.39, 0.29) is 17.7 Å². The average molecular weight is 261 g/mol. The van der Waals surface area contributed by atoms with Crippen molar-refractivity contribution < 1.29 is 14.7 Å². The molecule has 1 amide bonds. The molecule has 19 heavy (non-hydrogen) atoms. The lowest BCUT2D eigenvalue weighted by atomic mass is 9.85. The SMILES string of the molecule is CC(C(=O)O)C1CCN(C(=O)c2ccccc2)CC1. The van der Waals surface area contributed by atoms with Crippen LogP contribution in [-0.2, 0) is 4.79 Å². The maximum Gasteiger partial charge on any atom is 0.306 e. The fourth-order valence-corrected chi connectivity index (χ4v) is 2.57. The average Bonchev–Trinajstić information content (AvgIpc) is 2.46. The normalized spacial score (nSPS) is 18.1. The summed E-state index contributed by atoms with van der Waals surface area (Å²) in [6, 6.07) is 9.22. The topological polar surface area (TPSA) is 57.6 Å². The molecule has 0 saturated carbocycles. The second-order valence-corrected chi connectivity index (χ2v) is 5.12. The number of aliphatic carboxylic acids is 1. The number of likely N-dealkylation sites (tertiary alicyclic amines) is 1. The molecular weight excluding hydrogens is 242 g/mol. The van der Waals surface area contributed by atoms with Crippen molar-refractivity contribution in [3.63, 3.8) is 0 Å². The Balaban J connectivity index is 1.93. The van der Waals surface area contributed by atoms with Crippen LogP contribution in [0.3, 0.4) is 0 Å². The third kappa shape index (κ3) is 3.13. The van der Waals surface area contributed by atoms with Gasteiger partial charge in [0.25, 0.3) is 5.91 Å². The van der Waals surface area contributed by atoms with Gasteiger partial charge in [-0.3, -0.25) is 9.59 Å². The predicted octanol–water partition coefficient (Wildman–Crippen LogP) is 2.26. The summed E-state index contributed by atoms with van der Waals surface area (Å²) in [5, 5.41) is 9.01. The van der Waals surface area contributed by atoms with E-state index in [0.29, 0.717) is 18.7 Å². The van der Waals surface area contributed by atoms with E-state index in [4.69, 9.17) is 5.11 Å². The molecule has 1 aliphatic heterocycles. The summed E-state index contributed by atoms with van der Waals surface area (Å²) in [5.74, 6) is -0.846. The number of rotatable bonds is 3. The van der Waals surface area contributed by atoms with E-state index in [0.717, 1.165) is 12.8 Å². The summed E-state index contributed by atoms with van der Waals surface area (Å²) < 4.78 is 0. The smallest absolute Gasteiger partial charge is 0.306 e. The number of piperidine rings is 1. The molecule has 4 nitrogen and oxygen atoms in total. The Morgan fingerprint density at radius 3 is 2.32 bits per heavy atom. The van der Waals surface area contributed by atoms with Gasteiger partial charge in [-0.1, -0.05) is 25.1 Å². The first-order valence-electron chi connectivity index (χ1n) is 6.66. The lowest BCUT2D eigenvalue weighted by Crippen LogP contribution is -2.40.